The Kier molecular flexibility index (Phi) is 6.22. The predicted molar refractivity (Wildman–Crippen MR) is 207 cm³/mol. The van der Waals surface area contributed by atoms with Crippen LogP contribution in [0, 0.1) is 0 Å². The van der Waals surface area contributed by atoms with Gasteiger partial charge in [-0.25, -0.2) is 0 Å². The van der Waals surface area contributed by atoms with Gasteiger partial charge in [-0.05, 0) is 85.4 Å². The molecule has 0 atom stereocenters. The van der Waals surface area contributed by atoms with Crippen LogP contribution in [0.15, 0.2) is 182 Å². The first-order chi connectivity index (χ1) is 24.3. The number of para-hydroxylation sites is 1. The number of aromatic nitrogens is 2. The summed E-state index contributed by atoms with van der Waals surface area (Å²) in [6.07, 6.45) is 2.04. The summed E-state index contributed by atoms with van der Waals surface area (Å²) in [5.74, 6) is 0. The van der Waals surface area contributed by atoms with Crippen LogP contribution in [0.25, 0.3) is 93.3 Å². The van der Waals surface area contributed by atoms with Crippen molar-refractivity contribution in [1.82, 2.24) is 9.55 Å². The van der Waals surface area contributed by atoms with Gasteiger partial charge in [-0.15, -0.1) is 0 Å². The number of benzene rings is 8. The summed E-state index contributed by atoms with van der Waals surface area (Å²) in [4.78, 5) is 5.17. The largest absolute Gasteiger partial charge is 0.309 e. The number of hydrogen-bond acceptors (Lipinski definition) is 1. The van der Waals surface area contributed by atoms with E-state index in [9.17, 15) is 0 Å². The highest BCUT2D eigenvalue weighted by atomic mass is 15.0. The van der Waals surface area contributed by atoms with Gasteiger partial charge in [0, 0.05) is 33.8 Å². The molecule has 228 valence electrons. The minimum atomic E-state index is 0.975. The number of nitrogens with zero attached hydrogens (tertiary/aromatic N) is 2. The summed E-state index contributed by atoms with van der Waals surface area (Å²) in [6, 6.07) is 63.4. The van der Waals surface area contributed by atoms with Crippen LogP contribution in [0.5, 0.6) is 0 Å². The molecule has 0 unspecified atom stereocenters. The molecule has 0 aliphatic rings. The molecule has 0 aliphatic carbocycles. The molecule has 0 saturated carbocycles. The number of pyridine rings is 1. The molecule has 0 saturated heterocycles. The van der Waals surface area contributed by atoms with Crippen LogP contribution >= 0.6 is 0 Å². The van der Waals surface area contributed by atoms with E-state index < -0.39 is 0 Å². The summed E-state index contributed by atoms with van der Waals surface area (Å²) < 4.78 is 2.39. The van der Waals surface area contributed by atoms with Gasteiger partial charge >= 0.3 is 0 Å². The molecular formula is C47H30N2. The van der Waals surface area contributed by atoms with E-state index in [1.54, 1.807) is 0 Å². The Balaban J connectivity index is 1.16. The van der Waals surface area contributed by atoms with E-state index in [0.29, 0.717) is 0 Å². The zero-order chi connectivity index (χ0) is 32.3. The number of hydrogen-bond donors (Lipinski definition) is 0. The fourth-order valence-corrected chi connectivity index (χ4v) is 7.86. The van der Waals surface area contributed by atoms with Crippen molar-refractivity contribution in [2.45, 2.75) is 0 Å². The highest BCUT2D eigenvalue weighted by molar-refractivity contribution is 6.22. The molecule has 49 heavy (non-hydrogen) atoms. The second-order valence-electron chi connectivity index (χ2n) is 12.7. The minimum Gasteiger partial charge on any atom is -0.309 e. The van der Waals surface area contributed by atoms with Crippen molar-refractivity contribution in [3.05, 3.63) is 182 Å². The third kappa shape index (κ3) is 4.31. The highest BCUT2D eigenvalue weighted by Gasteiger charge is 2.18. The van der Waals surface area contributed by atoms with Crippen molar-refractivity contribution in [3.8, 4) is 39.2 Å². The number of rotatable bonds is 4. The van der Waals surface area contributed by atoms with E-state index in [0.717, 1.165) is 22.5 Å². The first-order valence-electron chi connectivity index (χ1n) is 16.8. The molecule has 0 aliphatic heterocycles. The van der Waals surface area contributed by atoms with E-state index in [4.69, 9.17) is 4.98 Å². The van der Waals surface area contributed by atoms with E-state index in [1.165, 1.54) is 70.8 Å². The summed E-state index contributed by atoms with van der Waals surface area (Å²) >= 11 is 0. The highest BCUT2D eigenvalue weighted by Crippen LogP contribution is 2.44. The lowest BCUT2D eigenvalue weighted by atomic mass is 9.87. The molecule has 10 aromatic rings. The Labute approximate surface area is 284 Å². The van der Waals surface area contributed by atoms with Crippen molar-refractivity contribution < 1.29 is 0 Å². The zero-order valence-electron chi connectivity index (χ0n) is 26.7. The third-order valence-corrected chi connectivity index (χ3v) is 10.0. The number of fused-ring (bicyclic) bond motifs is 7. The molecule has 0 N–H and O–H groups in total. The Morgan fingerprint density at radius 1 is 0.367 bits per heavy atom. The summed E-state index contributed by atoms with van der Waals surface area (Å²) in [5, 5.41) is 9.93. The molecule has 2 heterocycles. The SMILES string of the molecule is c1ccc(-c2c3ccccc3c(-c3ccc(-c4ccc5c(c4)c4c6ccccc6ccc4n5-c4ccccc4)cn3)c3ccccc23)cc1. The molecule has 2 heteroatoms. The smallest absolute Gasteiger partial charge is 0.0714 e. The molecule has 0 bridgehead atoms. The first-order valence-corrected chi connectivity index (χ1v) is 16.8. The van der Waals surface area contributed by atoms with Crippen molar-refractivity contribution >= 4 is 54.1 Å². The molecular weight excluding hydrogens is 593 g/mol. The first kappa shape index (κ1) is 27.6. The Hall–Kier alpha value is -6.51. The van der Waals surface area contributed by atoms with Gasteiger partial charge in [-0.3, -0.25) is 4.98 Å². The van der Waals surface area contributed by atoms with Crippen LogP contribution in [0.1, 0.15) is 0 Å². The normalized spacial score (nSPS) is 11.7. The Bertz CT molecular complexity index is 2790. The van der Waals surface area contributed by atoms with Crippen LogP contribution in [0.3, 0.4) is 0 Å². The van der Waals surface area contributed by atoms with Crippen molar-refractivity contribution in [2.24, 2.45) is 0 Å². The topological polar surface area (TPSA) is 17.8 Å². The average molecular weight is 623 g/mol. The summed E-state index contributed by atoms with van der Waals surface area (Å²) in [7, 11) is 0. The molecule has 2 aromatic heterocycles. The van der Waals surface area contributed by atoms with Crippen molar-refractivity contribution in [1.29, 1.82) is 0 Å². The molecule has 0 amide bonds. The standard InChI is InChI=1S/C47H30N2/c1-3-14-32(15-4-1)45-37-19-9-11-21-39(37)46(40-22-12-10-20-38(40)45)42-26-23-34(30-48-42)33-25-27-43-41(29-33)47-36-18-8-7-13-31(36)24-28-44(47)49(43)35-16-5-2-6-17-35/h1-30H. The Morgan fingerprint density at radius 3 is 1.61 bits per heavy atom. The van der Waals surface area contributed by atoms with Gasteiger partial charge in [0.15, 0.2) is 0 Å². The van der Waals surface area contributed by atoms with E-state index in [-0.39, 0.29) is 0 Å². The second kappa shape index (κ2) is 11.0. The van der Waals surface area contributed by atoms with Crippen LogP contribution in [-0.4, -0.2) is 9.55 Å². The van der Waals surface area contributed by atoms with Crippen molar-refractivity contribution in [2.75, 3.05) is 0 Å². The molecule has 0 spiro atoms. The predicted octanol–water partition coefficient (Wildman–Crippen LogP) is 12.6. The lowest BCUT2D eigenvalue weighted by Gasteiger charge is -2.17. The third-order valence-electron chi connectivity index (χ3n) is 10.0. The van der Waals surface area contributed by atoms with E-state index >= 15 is 0 Å². The molecule has 10 rings (SSSR count). The molecule has 0 radical (unpaired) electrons. The molecule has 8 aromatic carbocycles. The van der Waals surface area contributed by atoms with Crippen LogP contribution in [0.4, 0.5) is 0 Å². The van der Waals surface area contributed by atoms with Gasteiger partial charge in [-0.2, -0.15) is 0 Å². The zero-order valence-corrected chi connectivity index (χ0v) is 26.7. The fourth-order valence-electron chi connectivity index (χ4n) is 7.86. The monoisotopic (exact) mass is 622 g/mol. The van der Waals surface area contributed by atoms with Crippen molar-refractivity contribution in [3.63, 3.8) is 0 Å². The quantitative estimate of drug-likeness (QED) is 0.179. The maximum atomic E-state index is 5.17. The van der Waals surface area contributed by atoms with Gasteiger partial charge in [0.2, 0.25) is 0 Å². The van der Waals surface area contributed by atoms with Crippen LogP contribution in [-0.2, 0) is 0 Å². The van der Waals surface area contributed by atoms with Gasteiger partial charge in [0.1, 0.15) is 0 Å². The lowest BCUT2D eigenvalue weighted by molar-refractivity contribution is 1.18. The molecule has 0 fully saturated rings. The summed E-state index contributed by atoms with van der Waals surface area (Å²) in [5.41, 5.74) is 10.5. The van der Waals surface area contributed by atoms with E-state index in [1.807, 2.05) is 6.20 Å². The van der Waals surface area contributed by atoms with Gasteiger partial charge in [0.25, 0.3) is 0 Å². The van der Waals surface area contributed by atoms with Crippen LogP contribution < -0.4 is 0 Å². The fraction of sp³-hybridized carbons (Fsp3) is 0. The van der Waals surface area contributed by atoms with Crippen LogP contribution in [0.2, 0.25) is 0 Å². The summed E-state index contributed by atoms with van der Waals surface area (Å²) in [6.45, 7) is 0. The second-order valence-corrected chi connectivity index (χ2v) is 12.7. The van der Waals surface area contributed by atoms with Gasteiger partial charge in [-0.1, -0.05) is 140 Å². The minimum absolute atomic E-state index is 0.975. The maximum absolute atomic E-state index is 5.17. The lowest BCUT2D eigenvalue weighted by Crippen LogP contribution is -1.93. The van der Waals surface area contributed by atoms with Gasteiger partial charge in [0.05, 0.1) is 16.7 Å². The molecule has 2 nitrogen and oxygen atoms in total. The average Bonchev–Trinajstić information content (AvgIpc) is 3.52. The maximum Gasteiger partial charge on any atom is 0.0714 e. The van der Waals surface area contributed by atoms with E-state index in [2.05, 4.69) is 180 Å². The van der Waals surface area contributed by atoms with Gasteiger partial charge < -0.3 is 4.57 Å². The Morgan fingerprint density at radius 2 is 0.939 bits per heavy atom.